The van der Waals surface area contributed by atoms with E-state index in [1.54, 1.807) is 6.20 Å². The molecule has 1 aliphatic rings. The molecule has 1 aromatic heterocycles. The molecular weight excluding hydrogens is 338 g/mol. The molecule has 6 heteroatoms. The topological polar surface area (TPSA) is 45.7 Å². The highest BCUT2D eigenvalue weighted by molar-refractivity contribution is 6.35. The van der Waals surface area contributed by atoms with Gasteiger partial charge in [0.2, 0.25) is 0 Å². The van der Waals surface area contributed by atoms with Crippen molar-refractivity contribution in [1.29, 1.82) is 0 Å². The van der Waals surface area contributed by atoms with E-state index in [2.05, 4.69) is 14.8 Å². The van der Waals surface area contributed by atoms with Crippen molar-refractivity contribution in [3.63, 3.8) is 0 Å². The monoisotopic (exact) mass is 361 g/mol. The van der Waals surface area contributed by atoms with Crippen LogP contribution in [0.4, 0.5) is 5.69 Å². The molecule has 0 aliphatic carbocycles. The third-order valence-electron chi connectivity index (χ3n) is 4.18. The second kappa shape index (κ2) is 7.18. The van der Waals surface area contributed by atoms with E-state index in [0.717, 1.165) is 47.8 Å². The Hall–Kier alpha value is -1.85. The number of carbonyl (C=O) groups excluding carboxylic acids is 1. The minimum absolute atomic E-state index is 0.167. The number of piperazine rings is 1. The Morgan fingerprint density at radius 2 is 1.92 bits per heavy atom. The molecule has 2 heterocycles. The maximum Gasteiger partial charge on any atom is 0.320 e. The summed E-state index contributed by atoms with van der Waals surface area (Å²) in [5.41, 5.74) is 1.58. The molecule has 3 rings (SSSR count). The summed E-state index contributed by atoms with van der Waals surface area (Å²) in [6.07, 6.45) is 1.79. The summed E-state index contributed by atoms with van der Waals surface area (Å²) in [6, 6.07) is 7.85. The van der Waals surface area contributed by atoms with Crippen molar-refractivity contribution in [2.75, 3.05) is 37.6 Å². The lowest BCUT2D eigenvalue weighted by atomic mass is 10.1. The lowest BCUT2D eigenvalue weighted by molar-refractivity contribution is -0.156. The van der Waals surface area contributed by atoms with Gasteiger partial charge < -0.3 is 9.64 Å². The smallest absolute Gasteiger partial charge is 0.320 e. The molecule has 0 N–H and O–H groups in total. The number of esters is 1. The first kappa shape index (κ1) is 18.0. The number of fused-ring (bicyclic) bond motifs is 1. The zero-order chi connectivity index (χ0) is 18.0. The fourth-order valence-corrected chi connectivity index (χ4v) is 3.30. The molecule has 0 spiro atoms. The van der Waals surface area contributed by atoms with Gasteiger partial charge in [-0.25, -0.2) is 0 Å². The van der Waals surface area contributed by atoms with E-state index in [9.17, 15) is 4.79 Å². The van der Waals surface area contributed by atoms with Crippen molar-refractivity contribution in [2.24, 2.45) is 0 Å². The molecule has 0 bridgehead atoms. The second-order valence-corrected chi connectivity index (χ2v) is 7.72. The Kier molecular flexibility index (Phi) is 5.16. The van der Waals surface area contributed by atoms with E-state index in [1.165, 1.54) is 0 Å². The lowest BCUT2D eigenvalue weighted by Gasteiger charge is -2.36. The molecule has 0 saturated carbocycles. The molecule has 1 aromatic carbocycles. The van der Waals surface area contributed by atoms with Gasteiger partial charge in [-0.1, -0.05) is 11.6 Å². The zero-order valence-corrected chi connectivity index (χ0v) is 15.7. The number of hydrogen-bond donors (Lipinski definition) is 0. The predicted octanol–water partition coefficient (Wildman–Crippen LogP) is 3.35. The van der Waals surface area contributed by atoms with Crippen LogP contribution in [0.2, 0.25) is 5.02 Å². The fraction of sp³-hybridized carbons (Fsp3) is 0.474. The number of ether oxygens (including phenoxy) is 1. The van der Waals surface area contributed by atoms with Gasteiger partial charge in [0.15, 0.2) is 0 Å². The van der Waals surface area contributed by atoms with Gasteiger partial charge in [0, 0.05) is 37.8 Å². The van der Waals surface area contributed by atoms with Gasteiger partial charge >= 0.3 is 5.97 Å². The number of aromatic nitrogens is 1. The quantitative estimate of drug-likeness (QED) is 0.784. The Morgan fingerprint density at radius 3 is 2.60 bits per heavy atom. The summed E-state index contributed by atoms with van der Waals surface area (Å²) in [7, 11) is 0. The Bertz CT molecular complexity index is 765. The molecule has 0 unspecified atom stereocenters. The Morgan fingerprint density at radius 1 is 1.20 bits per heavy atom. The van der Waals surface area contributed by atoms with Crippen LogP contribution in [-0.4, -0.2) is 54.2 Å². The maximum absolute atomic E-state index is 12.0. The highest BCUT2D eigenvalue weighted by atomic mass is 35.5. The summed E-state index contributed by atoms with van der Waals surface area (Å²) in [5, 5.41) is 1.69. The minimum atomic E-state index is -0.438. The van der Waals surface area contributed by atoms with Crippen molar-refractivity contribution < 1.29 is 9.53 Å². The molecule has 134 valence electrons. The van der Waals surface area contributed by atoms with Crippen LogP contribution in [0.15, 0.2) is 30.5 Å². The lowest BCUT2D eigenvalue weighted by Crippen LogP contribution is -2.48. The van der Waals surface area contributed by atoms with E-state index >= 15 is 0 Å². The number of halogens is 1. The van der Waals surface area contributed by atoms with Gasteiger partial charge in [-0.15, -0.1) is 0 Å². The van der Waals surface area contributed by atoms with Crippen molar-refractivity contribution in [1.82, 2.24) is 9.88 Å². The standard InChI is InChI=1S/C19H24ClN3O2/c1-19(2,3)25-17(24)13-22-9-11-23(12-10-22)16-7-6-15(20)14-5-4-8-21-18(14)16/h4-8H,9-13H2,1-3H3. The number of rotatable bonds is 3. The summed E-state index contributed by atoms with van der Waals surface area (Å²) in [4.78, 5) is 20.9. The maximum atomic E-state index is 12.0. The first-order chi connectivity index (χ1) is 11.8. The minimum Gasteiger partial charge on any atom is -0.459 e. The van der Waals surface area contributed by atoms with Gasteiger partial charge in [-0.3, -0.25) is 14.7 Å². The van der Waals surface area contributed by atoms with Gasteiger partial charge in [-0.05, 0) is 45.0 Å². The zero-order valence-electron chi connectivity index (χ0n) is 15.0. The summed E-state index contributed by atoms with van der Waals surface area (Å²) >= 11 is 6.28. The third-order valence-corrected chi connectivity index (χ3v) is 4.51. The van der Waals surface area contributed by atoms with Crippen LogP contribution in [0.3, 0.4) is 0 Å². The normalized spacial score (nSPS) is 16.2. The number of anilines is 1. The molecule has 1 fully saturated rings. The van der Waals surface area contributed by atoms with Gasteiger partial charge in [0.1, 0.15) is 5.60 Å². The van der Waals surface area contributed by atoms with Crippen molar-refractivity contribution >= 4 is 34.2 Å². The molecule has 5 nitrogen and oxygen atoms in total. The Balaban J connectivity index is 1.65. The first-order valence-corrected chi connectivity index (χ1v) is 8.94. The van der Waals surface area contributed by atoms with E-state index in [4.69, 9.17) is 16.3 Å². The summed E-state index contributed by atoms with van der Waals surface area (Å²) in [5.74, 6) is -0.167. The average Bonchev–Trinajstić information content (AvgIpc) is 2.55. The number of pyridine rings is 1. The van der Waals surface area contributed by atoms with Crippen LogP contribution in [0.25, 0.3) is 10.9 Å². The molecule has 0 amide bonds. The van der Waals surface area contributed by atoms with Crippen LogP contribution in [0.1, 0.15) is 20.8 Å². The van der Waals surface area contributed by atoms with E-state index < -0.39 is 5.60 Å². The van der Waals surface area contributed by atoms with E-state index in [-0.39, 0.29) is 5.97 Å². The Labute approximate surface area is 153 Å². The van der Waals surface area contributed by atoms with E-state index in [1.807, 2.05) is 45.0 Å². The van der Waals surface area contributed by atoms with Crippen LogP contribution in [0, 0.1) is 0 Å². The SMILES string of the molecule is CC(C)(C)OC(=O)CN1CCN(c2ccc(Cl)c3cccnc23)CC1. The number of hydrogen-bond acceptors (Lipinski definition) is 5. The molecule has 0 atom stereocenters. The second-order valence-electron chi connectivity index (χ2n) is 7.32. The largest absolute Gasteiger partial charge is 0.459 e. The number of nitrogens with zero attached hydrogens (tertiary/aromatic N) is 3. The number of carbonyl (C=O) groups is 1. The van der Waals surface area contributed by atoms with Crippen LogP contribution < -0.4 is 4.90 Å². The van der Waals surface area contributed by atoms with Crippen LogP contribution in [0.5, 0.6) is 0 Å². The fourth-order valence-electron chi connectivity index (χ4n) is 3.08. The highest BCUT2D eigenvalue weighted by Crippen LogP contribution is 2.31. The summed E-state index contributed by atoms with van der Waals surface area (Å²) in [6.45, 7) is 9.33. The molecule has 1 aliphatic heterocycles. The predicted molar refractivity (Wildman–Crippen MR) is 101 cm³/mol. The summed E-state index contributed by atoms with van der Waals surface area (Å²) < 4.78 is 5.40. The van der Waals surface area contributed by atoms with Crippen LogP contribution in [-0.2, 0) is 9.53 Å². The first-order valence-electron chi connectivity index (χ1n) is 8.56. The molecule has 2 aromatic rings. The molecule has 0 radical (unpaired) electrons. The number of benzene rings is 1. The van der Waals surface area contributed by atoms with Crippen LogP contribution >= 0.6 is 11.6 Å². The van der Waals surface area contributed by atoms with E-state index in [0.29, 0.717) is 6.54 Å². The third kappa shape index (κ3) is 4.41. The van der Waals surface area contributed by atoms with Gasteiger partial charge in [0.05, 0.1) is 22.8 Å². The molecule has 1 saturated heterocycles. The van der Waals surface area contributed by atoms with Crippen molar-refractivity contribution in [3.05, 3.63) is 35.5 Å². The van der Waals surface area contributed by atoms with Gasteiger partial charge in [-0.2, -0.15) is 0 Å². The van der Waals surface area contributed by atoms with Crippen molar-refractivity contribution in [2.45, 2.75) is 26.4 Å². The molecule has 25 heavy (non-hydrogen) atoms. The van der Waals surface area contributed by atoms with Gasteiger partial charge in [0.25, 0.3) is 0 Å². The average molecular weight is 362 g/mol. The van der Waals surface area contributed by atoms with Crippen molar-refractivity contribution in [3.8, 4) is 0 Å². The molecular formula is C19H24ClN3O2. The highest BCUT2D eigenvalue weighted by Gasteiger charge is 2.23.